The van der Waals surface area contributed by atoms with E-state index in [1.165, 1.54) is 12.8 Å². The highest BCUT2D eigenvalue weighted by Crippen LogP contribution is 2.28. The zero-order valence-electron chi connectivity index (χ0n) is 10.2. The molecule has 1 saturated carbocycles. The molecule has 4 heteroatoms. The SMILES string of the molecule is Cc1cccc(CN(CCC(N)=S)C2CC2)n1. The summed E-state index contributed by atoms with van der Waals surface area (Å²) in [5.74, 6) is 0. The third-order valence-electron chi connectivity index (χ3n) is 3.02. The molecule has 2 rings (SSSR count). The summed E-state index contributed by atoms with van der Waals surface area (Å²) < 4.78 is 0. The van der Waals surface area contributed by atoms with Gasteiger partial charge in [0.1, 0.15) is 0 Å². The number of hydrogen-bond donors (Lipinski definition) is 1. The van der Waals surface area contributed by atoms with Crippen LogP contribution >= 0.6 is 12.2 Å². The van der Waals surface area contributed by atoms with Crippen molar-refractivity contribution in [3.63, 3.8) is 0 Å². The van der Waals surface area contributed by atoms with Gasteiger partial charge in [0.2, 0.25) is 0 Å². The summed E-state index contributed by atoms with van der Waals surface area (Å²) in [6, 6.07) is 6.89. The second-order valence-electron chi connectivity index (χ2n) is 4.69. The highest BCUT2D eigenvalue weighted by Gasteiger charge is 2.28. The molecule has 17 heavy (non-hydrogen) atoms. The average molecular weight is 249 g/mol. The van der Waals surface area contributed by atoms with Crippen molar-refractivity contribution >= 4 is 17.2 Å². The lowest BCUT2D eigenvalue weighted by atomic mass is 10.2. The van der Waals surface area contributed by atoms with Crippen molar-refractivity contribution in [3.8, 4) is 0 Å². The molecule has 1 heterocycles. The first kappa shape index (κ1) is 12.5. The highest BCUT2D eigenvalue weighted by molar-refractivity contribution is 7.80. The summed E-state index contributed by atoms with van der Waals surface area (Å²) in [7, 11) is 0. The smallest absolute Gasteiger partial charge is 0.0740 e. The molecule has 1 fully saturated rings. The third kappa shape index (κ3) is 4.06. The van der Waals surface area contributed by atoms with Gasteiger partial charge in [-0.1, -0.05) is 18.3 Å². The van der Waals surface area contributed by atoms with Crippen LogP contribution in [-0.4, -0.2) is 27.5 Å². The number of rotatable bonds is 6. The lowest BCUT2D eigenvalue weighted by Crippen LogP contribution is -2.29. The van der Waals surface area contributed by atoms with Crippen LogP contribution in [0.2, 0.25) is 0 Å². The Balaban J connectivity index is 1.95. The van der Waals surface area contributed by atoms with E-state index in [-0.39, 0.29) is 0 Å². The number of thiocarbonyl (C=S) groups is 1. The van der Waals surface area contributed by atoms with E-state index in [0.29, 0.717) is 11.0 Å². The van der Waals surface area contributed by atoms with E-state index >= 15 is 0 Å². The molecule has 0 radical (unpaired) electrons. The quantitative estimate of drug-likeness (QED) is 0.783. The van der Waals surface area contributed by atoms with Gasteiger partial charge < -0.3 is 5.73 Å². The predicted molar refractivity (Wildman–Crippen MR) is 73.8 cm³/mol. The molecular formula is C13H19N3S. The van der Waals surface area contributed by atoms with Crippen LogP contribution in [0.1, 0.15) is 30.7 Å². The van der Waals surface area contributed by atoms with Gasteiger partial charge in [-0.15, -0.1) is 0 Å². The Morgan fingerprint density at radius 3 is 2.88 bits per heavy atom. The van der Waals surface area contributed by atoms with Crippen LogP contribution < -0.4 is 5.73 Å². The summed E-state index contributed by atoms with van der Waals surface area (Å²) in [4.78, 5) is 7.59. The van der Waals surface area contributed by atoms with E-state index in [1.807, 2.05) is 13.0 Å². The van der Waals surface area contributed by atoms with Crippen molar-refractivity contribution < 1.29 is 0 Å². The van der Waals surface area contributed by atoms with Crippen LogP contribution in [0.5, 0.6) is 0 Å². The Hall–Kier alpha value is -1.00. The standard InChI is InChI=1S/C13H19N3S/c1-10-3-2-4-11(15-10)9-16(12-5-6-12)8-7-13(14)17/h2-4,12H,5-9H2,1H3,(H2,14,17). The maximum absolute atomic E-state index is 5.57. The molecule has 0 saturated heterocycles. The van der Waals surface area contributed by atoms with Gasteiger partial charge in [0.25, 0.3) is 0 Å². The molecule has 0 amide bonds. The maximum Gasteiger partial charge on any atom is 0.0740 e. The lowest BCUT2D eigenvalue weighted by molar-refractivity contribution is 0.259. The molecule has 1 aromatic rings. The van der Waals surface area contributed by atoms with Gasteiger partial charge in [0, 0.05) is 31.2 Å². The van der Waals surface area contributed by atoms with Gasteiger partial charge in [-0.2, -0.15) is 0 Å². The number of pyridine rings is 1. The Morgan fingerprint density at radius 2 is 2.29 bits per heavy atom. The van der Waals surface area contributed by atoms with Gasteiger partial charge in [-0.25, -0.2) is 0 Å². The first-order valence-electron chi connectivity index (χ1n) is 6.10. The second kappa shape index (κ2) is 5.56. The van der Waals surface area contributed by atoms with Gasteiger partial charge in [0.15, 0.2) is 0 Å². The summed E-state index contributed by atoms with van der Waals surface area (Å²) in [6.07, 6.45) is 3.39. The van der Waals surface area contributed by atoms with Crippen LogP contribution in [0.3, 0.4) is 0 Å². The lowest BCUT2D eigenvalue weighted by Gasteiger charge is -2.21. The Labute approximate surface area is 108 Å². The summed E-state index contributed by atoms with van der Waals surface area (Å²) >= 11 is 4.94. The van der Waals surface area contributed by atoms with Crippen LogP contribution in [0.15, 0.2) is 18.2 Å². The zero-order valence-corrected chi connectivity index (χ0v) is 11.0. The molecule has 2 N–H and O–H groups in total. The van der Waals surface area contributed by atoms with Crippen LogP contribution in [-0.2, 0) is 6.54 Å². The fourth-order valence-electron chi connectivity index (χ4n) is 1.98. The summed E-state index contributed by atoms with van der Waals surface area (Å²) in [5.41, 5.74) is 7.78. The first-order valence-corrected chi connectivity index (χ1v) is 6.51. The number of nitrogens with two attached hydrogens (primary N) is 1. The van der Waals surface area contributed by atoms with E-state index in [2.05, 4.69) is 22.0 Å². The van der Waals surface area contributed by atoms with Crippen molar-refractivity contribution in [2.75, 3.05) is 6.54 Å². The predicted octanol–water partition coefficient (Wildman–Crippen LogP) is 2.03. The molecule has 1 aromatic heterocycles. The maximum atomic E-state index is 5.57. The molecule has 0 spiro atoms. The van der Waals surface area contributed by atoms with E-state index in [1.54, 1.807) is 0 Å². The number of nitrogens with zero attached hydrogens (tertiary/aromatic N) is 2. The second-order valence-corrected chi connectivity index (χ2v) is 5.21. The number of aromatic nitrogens is 1. The van der Waals surface area contributed by atoms with Crippen LogP contribution in [0.4, 0.5) is 0 Å². The van der Waals surface area contributed by atoms with Gasteiger partial charge in [-0.05, 0) is 31.9 Å². The minimum Gasteiger partial charge on any atom is -0.393 e. The molecule has 3 nitrogen and oxygen atoms in total. The minimum atomic E-state index is 0.604. The van der Waals surface area contributed by atoms with E-state index in [0.717, 1.165) is 30.9 Å². The first-order chi connectivity index (χ1) is 8.15. The van der Waals surface area contributed by atoms with Gasteiger partial charge in [-0.3, -0.25) is 9.88 Å². The molecule has 1 aliphatic carbocycles. The van der Waals surface area contributed by atoms with Crippen molar-refractivity contribution in [2.24, 2.45) is 5.73 Å². The van der Waals surface area contributed by atoms with Crippen LogP contribution in [0, 0.1) is 6.92 Å². The average Bonchev–Trinajstić information content (AvgIpc) is 3.07. The monoisotopic (exact) mass is 249 g/mol. The van der Waals surface area contributed by atoms with Crippen molar-refractivity contribution in [2.45, 2.75) is 38.8 Å². The van der Waals surface area contributed by atoms with E-state index in [9.17, 15) is 0 Å². The third-order valence-corrected chi connectivity index (χ3v) is 3.22. The molecular weight excluding hydrogens is 230 g/mol. The molecule has 0 unspecified atom stereocenters. The van der Waals surface area contributed by atoms with Gasteiger partial charge in [0.05, 0.1) is 10.7 Å². The Morgan fingerprint density at radius 1 is 1.53 bits per heavy atom. The molecule has 92 valence electrons. The molecule has 0 aromatic carbocycles. The summed E-state index contributed by atoms with van der Waals surface area (Å²) in [6.45, 7) is 3.89. The molecule has 0 atom stereocenters. The highest BCUT2D eigenvalue weighted by atomic mass is 32.1. The Bertz CT molecular complexity index is 401. The molecule has 0 aliphatic heterocycles. The fraction of sp³-hybridized carbons (Fsp3) is 0.538. The number of hydrogen-bond acceptors (Lipinski definition) is 3. The largest absolute Gasteiger partial charge is 0.393 e. The minimum absolute atomic E-state index is 0.604. The van der Waals surface area contributed by atoms with E-state index in [4.69, 9.17) is 18.0 Å². The number of aryl methyl sites for hydroxylation is 1. The normalized spacial score (nSPS) is 15.2. The molecule has 1 aliphatic rings. The topological polar surface area (TPSA) is 42.1 Å². The van der Waals surface area contributed by atoms with Crippen molar-refractivity contribution in [1.82, 2.24) is 9.88 Å². The van der Waals surface area contributed by atoms with Gasteiger partial charge >= 0.3 is 0 Å². The van der Waals surface area contributed by atoms with Crippen molar-refractivity contribution in [3.05, 3.63) is 29.6 Å². The Kier molecular flexibility index (Phi) is 4.07. The molecule has 0 bridgehead atoms. The van der Waals surface area contributed by atoms with E-state index < -0.39 is 0 Å². The summed E-state index contributed by atoms with van der Waals surface area (Å²) in [5, 5.41) is 0. The zero-order chi connectivity index (χ0) is 12.3. The van der Waals surface area contributed by atoms with Crippen LogP contribution in [0.25, 0.3) is 0 Å². The van der Waals surface area contributed by atoms with Crippen molar-refractivity contribution in [1.29, 1.82) is 0 Å². The fourth-order valence-corrected chi connectivity index (χ4v) is 2.07.